The Hall–Kier alpha value is -2.34. The highest BCUT2D eigenvalue weighted by molar-refractivity contribution is 6.29. The Labute approximate surface area is 144 Å². The lowest BCUT2D eigenvalue weighted by molar-refractivity contribution is -0.118. The van der Waals surface area contributed by atoms with Crippen molar-refractivity contribution >= 4 is 29.0 Å². The molecule has 4 rings (SSSR count). The number of rotatable bonds is 4. The molecule has 0 radical (unpaired) electrons. The molecular formula is C17H17ClN4O2. The zero-order valence-electron chi connectivity index (χ0n) is 13.2. The quantitative estimate of drug-likeness (QED) is 0.830. The van der Waals surface area contributed by atoms with Gasteiger partial charge in [0.1, 0.15) is 22.5 Å². The first-order valence-electron chi connectivity index (χ1n) is 7.96. The van der Waals surface area contributed by atoms with Crippen LogP contribution in [0, 0.1) is 0 Å². The standard InChI is InChI=1S/C17H17ClN4O2/c1-9(11-4-5-13-12(6-11)20-16(23)8-24-13)19-15-7-14(18)21-17(22-15)10-2-3-10/h4-7,9-10H,2-3,8H2,1H3,(H,20,23)(H,19,21,22). The number of nitrogens with one attached hydrogen (secondary N) is 2. The first-order chi connectivity index (χ1) is 11.6. The summed E-state index contributed by atoms with van der Waals surface area (Å²) in [4.78, 5) is 20.3. The van der Waals surface area contributed by atoms with Gasteiger partial charge < -0.3 is 15.4 Å². The second-order valence-electron chi connectivity index (χ2n) is 6.17. The van der Waals surface area contributed by atoms with Gasteiger partial charge in [-0.15, -0.1) is 0 Å². The van der Waals surface area contributed by atoms with Crippen LogP contribution in [0.4, 0.5) is 11.5 Å². The molecule has 0 saturated heterocycles. The average molecular weight is 345 g/mol. The van der Waals surface area contributed by atoms with Crippen LogP contribution in [0.5, 0.6) is 5.75 Å². The van der Waals surface area contributed by atoms with Crippen molar-refractivity contribution < 1.29 is 9.53 Å². The van der Waals surface area contributed by atoms with E-state index in [1.807, 2.05) is 25.1 Å². The molecule has 2 aliphatic rings. The first-order valence-corrected chi connectivity index (χ1v) is 8.34. The zero-order valence-corrected chi connectivity index (χ0v) is 13.9. The van der Waals surface area contributed by atoms with Crippen molar-refractivity contribution in [2.45, 2.75) is 31.7 Å². The van der Waals surface area contributed by atoms with E-state index in [1.54, 1.807) is 6.07 Å². The fourth-order valence-electron chi connectivity index (χ4n) is 2.71. The maximum absolute atomic E-state index is 11.5. The third kappa shape index (κ3) is 3.14. The highest BCUT2D eigenvalue weighted by atomic mass is 35.5. The lowest BCUT2D eigenvalue weighted by atomic mass is 10.1. The van der Waals surface area contributed by atoms with Crippen molar-refractivity contribution in [2.24, 2.45) is 0 Å². The van der Waals surface area contributed by atoms with Gasteiger partial charge in [-0.05, 0) is 37.5 Å². The number of carbonyl (C=O) groups excluding carboxylic acids is 1. The van der Waals surface area contributed by atoms with Crippen molar-refractivity contribution in [1.29, 1.82) is 0 Å². The fraction of sp³-hybridized carbons (Fsp3) is 0.353. The van der Waals surface area contributed by atoms with Crippen LogP contribution in [0.15, 0.2) is 24.3 Å². The van der Waals surface area contributed by atoms with Crippen LogP contribution in [0.1, 0.15) is 43.1 Å². The number of hydrogen-bond acceptors (Lipinski definition) is 5. The van der Waals surface area contributed by atoms with E-state index in [2.05, 4.69) is 20.6 Å². The van der Waals surface area contributed by atoms with Crippen LogP contribution in [-0.4, -0.2) is 22.5 Å². The summed E-state index contributed by atoms with van der Waals surface area (Å²) in [7, 11) is 0. The van der Waals surface area contributed by atoms with Crippen molar-refractivity contribution in [3.8, 4) is 5.75 Å². The van der Waals surface area contributed by atoms with Gasteiger partial charge in [-0.2, -0.15) is 0 Å². The SMILES string of the molecule is CC(Nc1cc(Cl)nc(C2CC2)n1)c1ccc2c(c1)NC(=O)CO2. The Balaban J connectivity index is 1.55. The van der Waals surface area contributed by atoms with Crippen molar-refractivity contribution in [3.63, 3.8) is 0 Å². The third-order valence-corrected chi connectivity index (χ3v) is 4.35. The van der Waals surface area contributed by atoms with Crippen molar-refractivity contribution in [1.82, 2.24) is 9.97 Å². The highest BCUT2D eigenvalue weighted by Crippen LogP contribution is 2.39. The third-order valence-electron chi connectivity index (χ3n) is 4.16. The lowest BCUT2D eigenvalue weighted by Gasteiger charge is -2.21. The Bertz CT molecular complexity index is 807. The summed E-state index contributed by atoms with van der Waals surface area (Å²) in [6, 6.07) is 7.47. The molecule has 2 heterocycles. The van der Waals surface area contributed by atoms with E-state index >= 15 is 0 Å². The van der Waals surface area contributed by atoms with Gasteiger partial charge >= 0.3 is 0 Å². The zero-order chi connectivity index (χ0) is 16.7. The minimum absolute atomic E-state index is 0.00727. The number of carbonyl (C=O) groups is 1. The number of hydrogen-bond donors (Lipinski definition) is 2. The number of fused-ring (bicyclic) bond motifs is 1. The van der Waals surface area contributed by atoms with Gasteiger partial charge in [0.15, 0.2) is 6.61 Å². The van der Waals surface area contributed by atoms with Crippen molar-refractivity contribution in [2.75, 3.05) is 17.2 Å². The number of ether oxygens (including phenoxy) is 1. The van der Waals surface area contributed by atoms with Gasteiger partial charge in [0.05, 0.1) is 11.7 Å². The van der Waals surface area contributed by atoms with Crippen molar-refractivity contribution in [3.05, 3.63) is 40.8 Å². The predicted molar refractivity (Wildman–Crippen MR) is 91.6 cm³/mol. The summed E-state index contributed by atoms with van der Waals surface area (Å²) in [5, 5.41) is 6.62. The summed E-state index contributed by atoms with van der Waals surface area (Å²) in [6.45, 7) is 2.09. The number of nitrogens with zero attached hydrogens (tertiary/aromatic N) is 2. The number of anilines is 2. The molecular weight excluding hydrogens is 328 g/mol. The Morgan fingerprint density at radius 3 is 2.96 bits per heavy atom. The highest BCUT2D eigenvalue weighted by Gasteiger charge is 2.27. The molecule has 1 aliphatic carbocycles. The molecule has 1 saturated carbocycles. The Morgan fingerprint density at radius 1 is 1.33 bits per heavy atom. The number of benzene rings is 1. The summed E-state index contributed by atoms with van der Waals surface area (Å²) in [5.74, 6) is 2.50. The van der Waals surface area contributed by atoms with Crippen LogP contribution >= 0.6 is 11.6 Å². The normalized spacial score (nSPS) is 17.5. The number of aromatic nitrogens is 2. The molecule has 0 bridgehead atoms. The van der Waals surface area contributed by atoms with Gasteiger partial charge in [0.2, 0.25) is 0 Å². The summed E-state index contributed by atoms with van der Waals surface area (Å²) in [6.07, 6.45) is 2.25. The second-order valence-corrected chi connectivity index (χ2v) is 6.55. The van der Waals surface area contributed by atoms with Crippen LogP contribution in [0.2, 0.25) is 5.15 Å². The Morgan fingerprint density at radius 2 is 2.17 bits per heavy atom. The molecule has 2 aromatic rings. The van der Waals surface area contributed by atoms with E-state index < -0.39 is 0 Å². The van der Waals surface area contributed by atoms with E-state index in [4.69, 9.17) is 16.3 Å². The monoisotopic (exact) mass is 344 g/mol. The largest absolute Gasteiger partial charge is 0.482 e. The topological polar surface area (TPSA) is 76.1 Å². The van der Waals surface area contributed by atoms with E-state index in [9.17, 15) is 4.79 Å². The maximum atomic E-state index is 11.5. The van der Waals surface area contributed by atoms with Crippen LogP contribution in [-0.2, 0) is 4.79 Å². The summed E-state index contributed by atoms with van der Waals surface area (Å²) >= 11 is 6.11. The van der Waals surface area contributed by atoms with Crippen LogP contribution in [0.3, 0.4) is 0 Å². The predicted octanol–water partition coefficient (Wildman–Crippen LogP) is 3.51. The van der Waals surface area contributed by atoms with Gasteiger partial charge in [-0.1, -0.05) is 17.7 Å². The first kappa shape index (κ1) is 15.2. The molecule has 1 amide bonds. The number of amides is 1. The molecule has 1 aromatic carbocycles. The minimum atomic E-state index is -0.142. The van der Waals surface area contributed by atoms with Gasteiger partial charge in [0, 0.05) is 12.0 Å². The second kappa shape index (κ2) is 5.94. The van der Waals surface area contributed by atoms with E-state index in [1.165, 1.54) is 0 Å². The van der Waals surface area contributed by atoms with E-state index in [0.29, 0.717) is 28.3 Å². The van der Waals surface area contributed by atoms with Gasteiger partial charge in [0.25, 0.3) is 5.91 Å². The molecule has 0 spiro atoms. The molecule has 2 N–H and O–H groups in total. The van der Waals surface area contributed by atoms with E-state index in [0.717, 1.165) is 24.2 Å². The van der Waals surface area contributed by atoms with Gasteiger partial charge in [-0.3, -0.25) is 4.79 Å². The molecule has 1 atom stereocenters. The minimum Gasteiger partial charge on any atom is -0.482 e. The van der Waals surface area contributed by atoms with E-state index in [-0.39, 0.29) is 18.6 Å². The molecule has 6 nitrogen and oxygen atoms in total. The van der Waals surface area contributed by atoms with Crippen LogP contribution in [0.25, 0.3) is 0 Å². The maximum Gasteiger partial charge on any atom is 0.262 e. The molecule has 1 aliphatic heterocycles. The fourth-order valence-corrected chi connectivity index (χ4v) is 2.90. The summed E-state index contributed by atoms with van der Waals surface area (Å²) in [5.41, 5.74) is 1.71. The lowest BCUT2D eigenvalue weighted by Crippen LogP contribution is -2.25. The molecule has 1 fully saturated rings. The van der Waals surface area contributed by atoms with Crippen LogP contribution < -0.4 is 15.4 Å². The molecule has 1 unspecified atom stereocenters. The Kier molecular flexibility index (Phi) is 3.76. The number of halogens is 1. The smallest absolute Gasteiger partial charge is 0.262 e. The molecule has 7 heteroatoms. The van der Waals surface area contributed by atoms with Gasteiger partial charge in [-0.25, -0.2) is 9.97 Å². The molecule has 1 aromatic heterocycles. The molecule has 124 valence electrons. The summed E-state index contributed by atoms with van der Waals surface area (Å²) < 4.78 is 5.38. The molecule has 24 heavy (non-hydrogen) atoms. The average Bonchev–Trinajstić information content (AvgIpc) is 3.38.